The summed E-state index contributed by atoms with van der Waals surface area (Å²) in [7, 11) is -11.3. The average molecular weight is 956 g/mol. The summed E-state index contributed by atoms with van der Waals surface area (Å²) >= 11 is 0. The van der Waals surface area contributed by atoms with Gasteiger partial charge in [0, 0.05) is 19.2 Å². The Kier molecular flexibility index (Phi) is 38.3. The quantitative estimate of drug-likeness (QED) is 0.0366. The van der Waals surface area contributed by atoms with E-state index in [-0.39, 0.29) is 78.0 Å². The van der Waals surface area contributed by atoms with Crippen molar-refractivity contribution in [3.8, 4) is 0 Å². The molecule has 1 saturated heterocycles. The normalized spacial score (nSPS) is 19.7. The Morgan fingerprint density at radius 3 is 1.70 bits per heavy atom. The number of carbonyl (C=O) groups excluding carboxylic acids is 1. The van der Waals surface area contributed by atoms with E-state index in [2.05, 4.69) is 27.7 Å². The van der Waals surface area contributed by atoms with Gasteiger partial charge in [-0.05, 0) is 18.9 Å². The SMILES string of the molecule is CCCCCCCCCCCCCCCCOCC(COP(=O)([O-])OP(=O)([O-])OC[C@H]1OC(n2ccc(N)nc2=O)[C@@H](O)[C@@H]1O)OC(=O)CCCCCCCCCCCCC.[Na+].[Na+]. The molecule has 1 aromatic rings. The number of hydrogen-bond donors (Lipinski definition) is 3. The minimum Gasteiger partial charge on any atom is -0.756 e. The number of aromatic nitrogens is 2. The van der Waals surface area contributed by atoms with E-state index >= 15 is 0 Å². The fourth-order valence-corrected chi connectivity index (χ4v) is 9.17. The molecule has 1 aliphatic heterocycles. The van der Waals surface area contributed by atoms with E-state index in [1.165, 1.54) is 109 Å². The summed E-state index contributed by atoms with van der Waals surface area (Å²) in [6.45, 7) is 2.85. The van der Waals surface area contributed by atoms with Gasteiger partial charge in [0.15, 0.2) is 6.23 Å². The van der Waals surface area contributed by atoms with Gasteiger partial charge in [-0.15, -0.1) is 0 Å². The summed E-state index contributed by atoms with van der Waals surface area (Å²) in [5.74, 6) is -0.656. The van der Waals surface area contributed by atoms with Gasteiger partial charge < -0.3 is 49.0 Å². The summed E-state index contributed by atoms with van der Waals surface area (Å²) in [4.78, 5) is 53.6. The number of rotatable bonds is 39. The van der Waals surface area contributed by atoms with E-state index in [0.29, 0.717) is 13.0 Å². The predicted octanol–water partition coefficient (Wildman–Crippen LogP) is 1.55. The van der Waals surface area contributed by atoms with Crippen LogP contribution in [-0.2, 0) is 41.5 Å². The van der Waals surface area contributed by atoms with E-state index in [4.69, 9.17) is 24.5 Å². The van der Waals surface area contributed by atoms with Gasteiger partial charge in [-0.1, -0.05) is 162 Å². The third-order valence-electron chi connectivity index (χ3n) is 10.7. The average Bonchev–Trinajstić information content (AvgIpc) is 3.49. The molecule has 17 nitrogen and oxygen atoms in total. The maximum atomic E-state index is 12.7. The van der Waals surface area contributed by atoms with Crippen LogP contribution in [0.1, 0.15) is 187 Å². The molecule has 2 rings (SSSR count). The Balaban J connectivity index is 0.0000192. The molecule has 0 aromatic carbocycles. The third kappa shape index (κ3) is 30.4. The van der Waals surface area contributed by atoms with Crippen LogP contribution >= 0.6 is 15.6 Å². The molecule has 0 amide bonds. The minimum atomic E-state index is -5.66. The molecule has 0 saturated carbocycles. The van der Waals surface area contributed by atoms with Crippen molar-refractivity contribution in [2.24, 2.45) is 0 Å². The van der Waals surface area contributed by atoms with Crippen molar-refractivity contribution in [1.29, 1.82) is 0 Å². The molecule has 2 heterocycles. The molecular weight excluding hydrogens is 878 g/mol. The van der Waals surface area contributed by atoms with E-state index in [1.54, 1.807) is 0 Å². The first kappa shape index (κ1) is 63.2. The number of ether oxygens (including phenoxy) is 3. The summed E-state index contributed by atoms with van der Waals surface area (Å²) in [5, 5.41) is 20.8. The van der Waals surface area contributed by atoms with Crippen LogP contribution in [0.3, 0.4) is 0 Å². The zero-order valence-electron chi connectivity index (χ0n) is 38.9. The molecule has 0 bridgehead atoms. The maximum absolute atomic E-state index is 12.7. The van der Waals surface area contributed by atoms with Crippen LogP contribution in [0.25, 0.3) is 0 Å². The number of carbonyl (C=O) groups is 1. The molecule has 0 spiro atoms. The number of nitrogen functional groups attached to an aromatic ring is 1. The summed E-state index contributed by atoms with van der Waals surface area (Å²) in [5.41, 5.74) is 4.57. The van der Waals surface area contributed by atoms with E-state index in [0.717, 1.165) is 62.1 Å². The summed E-state index contributed by atoms with van der Waals surface area (Å²) < 4.78 is 56.3. The Morgan fingerprint density at radius 1 is 0.746 bits per heavy atom. The fourth-order valence-electron chi connectivity index (χ4n) is 7.13. The van der Waals surface area contributed by atoms with Crippen molar-refractivity contribution in [3.63, 3.8) is 0 Å². The molecule has 356 valence electrons. The molecular formula is C42H77N3Na2O14P2. The second-order valence-corrected chi connectivity index (χ2v) is 19.2. The van der Waals surface area contributed by atoms with Gasteiger partial charge in [0.25, 0.3) is 15.6 Å². The molecule has 4 unspecified atom stereocenters. The van der Waals surface area contributed by atoms with Crippen molar-refractivity contribution in [3.05, 3.63) is 22.7 Å². The molecule has 7 atom stereocenters. The van der Waals surface area contributed by atoms with Gasteiger partial charge in [0.2, 0.25) is 0 Å². The number of nitrogens with zero attached hydrogens (tertiary/aromatic N) is 2. The molecule has 0 aliphatic carbocycles. The summed E-state index contributed by atoms with van der Waals surface area (Å²) in [6.07, 6.45) is 22.8. The number of aliphatic hydroxyl groups is 2. The topological polar surface area (TPSA) is 254 Å². The number of hydrogen-bond acceptors (Lipinski definition) is 16. The van der Waals surface area contributed by atoms with E-state index < -0.39 is 71.2 Å². The van der Waals surface area contributed by atoms with Crippen LogP contribution < -0.4 is 80.3 Å². The van der Waals surface area contributed by atoms with Crippen LogP contribution in [0.15, 0.2) is 17.1 Å². The van der Waals surface area contributed by atoms with Gasteiger partial charge in [-0.2, -0.15) is 4.98 Å². The Morgan fingerprint density at radius 2 is 1.21 bits per heavy atom. The van der Waals surface area contributed by atoms with Crippen molar-refractivity contribution >= 4 is 27.4 Å². The first-order valence-electron chi connectivity index (χ1n) is 23.0. The summed E-state index contributed by atoms with van der Waals surface area (Å²) in [6, 6.07) is 1.25. The van der Waals surface area contributed by atoms with Crippen molar-refractivity contribution in [2.45, 2.75) is 211 Å². The van der Waals surface area contributed by atoms with Crippen LogP contribution in [-0.4, -0.2) is 76.6 Å². The second kappa shape index (κ2) is 38.1. The Bertz CT molecular complexity index is 1470. The molecule has 1 aliphatic rings. The number of phosphoric ester groups is 2. The number of esters is 1. The van der Waals surface area contributed by atoms with Crippen molar-refractivity contribution in [1.82, 2.24) is 9.55 Å². The van der Waals surface area contributed by atoms with Gasteiger partial charge >= 0.3 is 70.8 Å². The van der Waals surface area contributed by atoms with Crippen LogP contribution in [0.5, 0.6) is 0 Å². The fraction of sp³-hybridized carbons (Fsp3) is 0.881. The number of phosphoric acid groups is 2. The monoisotopic (exact) mass is 955 g/mol. The van der Waals surface area contributed by atoms with Crippen LogP contribution in [0.2, 0.25) is 0 Å². The molecule has 4 N–H and O–H groups in total. The largest absolute Gasteiger partial charge is 1.00 e. The van der Waals surface area contributed by atoms with Crippen molar-refractivity contribution < 1.29 is 121 Å². The van der Waals surface area contributed by atoms with Gasteiger partial charge in [0.1, 0.15) is 30.2 Å². The maximum Gasteiger partial charge on any atom is 1.00 e. The number of nitrogens with two attached hydrogens (primary N) is 1. The van der Waals surface area contributed by atoms with Crippen LogP contribution in [0.4, 0.5) is 5.82 Å². The minimum absolute atomic E-state index is 0. The third-order valence-corrected chi connectivity index (χ3v) is 13.2. The van der Waals surface area contributed by atoms with E-state index in [9.17, 15) is 38.7 Å². The first-order chi connectivity index (χ1) is 29.3. The standard InChI is InChI=1S/C42H79N3O14P2.2Na/c1-3-5-7-9-11-13-15-16-17-19-21-23-25-27-31-54-32-35(57-38(46)28-26-24-22-20-18-14-12-10-8-6-4-2)33-55-60(50,51)59-61(52,53)56-34-36-39(47)40(48)41(58-36)45-30-29-37(43)44-42(45)49;;/h29-30,35-36,39-41,47-48H,3-28,31-34H2,1-2H3,(H,50,51)(H,52,53)(H2,43,44,49);;/q;2*+1/p-2/t35?,36-,39-,40+,41?;;/m1../s1. The second-order valence-electron chi connectivity index (χ2n) is 16.2. The zero-order chi connectivity index (χ0) is 44.8. The molecule has 1 aromatic heterocycles. The Labute approximate surface area is 420 Å². The number of unbranched alkanes of at least 4 members (excludes halogenated alkanes) is 23. The van der Waals surface area contributed by atoms with Gasteiger partial charge in [0.05, 0.1) is 19.8 Å². The molecule has 21 heteroatoms. The predicted molar refractivity (Wildman–Crippen MR) is 229 cm³/mol. The van der Waals surface area contributed by atoms with Gasteiger partial charge in [-0.25, -0.2) is 9.11 Å². The molecule has 1 fully saturated rings. The number of aliphatic hydroxyl groups excluding tert-OH is 2. The number of anilines is 1. The van der Waals surface area contributed by atoms with E-state index in [1.807, 2.05) is 0 Å². The Hall–Kier alpha value is 0.250. The molecule has 0 radical (unpaired) electrons. The zero-order valence-corrected chi connectivity index (χ0v) is 44.7. The smallest absolute Gasteiger partial charge is 0.756 e. The van der Waals surface area contributed by atoms with Crippen molar-refractivity contribution in [2.75, 3.05) is 32.2 Å². The van der Waals surface area contributed by atoms with Gasteiger partial charge in [-0.3, -0.25) is 18.5 Å². The molecule has 63 heavy (non-hydrogen) atoms. The van der Waals surface area contributed by atoms with Crippen LogP contribution in [0, 0.1) is 0 Å². The first-order valence-corrected chi connectivity index (χ1v) is 26.0.